The van der Waals surface area contributed by atoms with Crippen molar-refractivity contribution in [2.75, 3.05) is 46.4 Å². The molecular formula is C18H27FN4O3. The summed E-state index contributed by atoms with van der Waals surface area (Å²) in [5.74, 6) is 0.929. The Morgan fingerprint density at radius 2 is 2.00 bits per heavy atom. The minimum atomic E-state index is -0.321. The van der Waals surface area contributed by atoms with Crippen LogP contribution in [0.25, 0.3) is 0 Å². The van der Waals surface area contributed by atoms with Gasteiger partial charge < -0.3 is 24.6 Å². The van der Waals surface area contributed by atoms with Crippen LogP contribution in [0.2, 0.25) is 0 Å². The number of hydrogen-bond donors (Lipinski definition) is 1. The van der Waals surface area contributed by atoms with Crippen molar-refractivity contribution in [3.8, 4) is 5.75 Å². The van der Waals surface area contributed by atoms with Crippen molar-refractivity contribution in [1.29, 1.82) is 0 Å². The number of hydrogen-bond acceptors (Lipinski definition) is 4. The van der Waals surface area contributed by atoms with Gasteiger partial charge in [0.05, 0.1) is 13.2 Å². The Morgan fingerprint density at radius 1 is 1.31 bits per heavy atom. The monoisotopic (exact) mass is 366 g/mol. The molecule has 1 aliphatic heterocycles. The van der Waals surface area contributed by atoms with Crippen LogP contribution >= 0.6 is 0 Å². The van der Waals surface area contributed by atoms with Gasteiger partial charge in [0.2, 0.25) is 0 Å². The van der Waals surface area contributed by atoms with Crippen molar-refractivity contribution in [1.82, 2.24) is 15.1 Å². The van der Waals surface area contributed by atoms with E-state index in [-0.39, 0.29) is 18.0 Å². The van der Waals surface area contributed by atoms with Gasteiger partial charge in [-0.2, -0.15) is 0 Å². The molecule has 1 N–H and O–H groups in total. The van der Waals surface area contributed by atoms with Crippen LogP contribution in [0.3, 0.4) is 0 Å². The SMILES string of the molecule is CCOC(=O)N1CCN(C(=NC)NCC(C)Oc2cccc(F)c2)CC1. The molecule has 26 heavy (non-hydrogen) atoms. The van der Waals surface area contributed by atoms with Crippen LogP contribution < -0.4 is 10.1 Å². The molecule has 1 saturated heterocycles. The highest BCUT2D eigenvalue weighted by molar-refractivity contribution is 5.80. The van der Waals surface area contributed by atoms with Gasteiger partial charge in [0, 0.05) is 39.3 Å². The van der Waals surface area contributed by atoms with Crippen molar-refractivity contribution < 1.29 is 18.7 Å². The lowest BCUT2D eigenvalue weighted by Crippen LogP contribution is -2.54. The maximum absolute atomic E-state index is 13.2. The third-order valence-electron chi connectivity index (χ3n) is 4.00. The molecule has 1 aromatic rings. The molecule has 0 bridgehead atoms. The molecule has 0 aliphatic carbocycles. The predicted octanol–water partition coefficient (Wildman–Crippen LogP) is 1.94. The molecule has 0 aromatic heterocycles. The number of halogens is 1. The zero-order chi connectivity index (χ0) is 18.9. The topological polar surface area (TPSA) is 66.4 Å². The Balaban J connectivity index is 1.78. The fourth-order valence-electron chi connectivity index (χ4n) is 2.70. The molecule has 0 radical (unpaired) electrons. The third-order valence-corrected chi connectivity index (χ3v) is 4.00. The molecule has 2 rings (SSSR count). The van der Waals surface area contributed by atoms with Gasteiger partial charge in [0.15, 0.2) is 5.96 Å². The molecular weight excluding hydrogens is 339 g/mol. The Morgan fingerprint density at radius 3 is 2.62 bits per heavy atom. The summed E-state index contributed by atoms with van der Waals surface area (Å²) in [5.41, 5.74) is 0. The number of piperazine rings is 1. The van der Waals surface area contributed by atoms with E-state index in [4.69, 9.17) is 9.47 Å². The Hall–Kier alpha value is -2.51. The quantitative estimate of drug-likeness (QED) is 0.637. The van der Waals surface area contributed by atoms with E-state index in [2.05, 4.69) is 15.2 Å². The number of rotatable bonds is 5. The standard InChI is InChI=1S/C18H27FN4O3/c1-4-25-18(24)23-10-8-22(9-11-23)17(20-3)21-13-14(2)26-16-7-5-6-15(19)12-16/h5-7,12,14H,4,8-11,13H2,1-3H3,(H,20,21). The van der Waals surface area contributed by atoms with Gasteiger partial charge in [0.1, 0.15) is 17.7 Å². The molecule has 0 spiro atoms. The fourth-order valence-corrected chi connectivity index (χ4v) is 2.70. The minimum Gasteiger partial charge on any atom is -0.489 e. The molecule has 7 nitrogen and oxygen atoms in total. The largest absolute Gasteiger partial charge is 0.489 e. The summed E-state index contributed by atoms with van der Waals surface area (Å²) in [7, 11) is 1.72. The summed E-state index contributed by atoms with van der Waals surface area (Å²) in [6.07, 6.45) is -0.429. The van der Waals surface area contributed by atoms with Crippen LogP contribution in [-0.2, 0) is 4.74 Å². The molecule has 0 saturated carbocycles. The van der Waals surface area contributed by atoms with E-state index in [0.717, 1.165) is 5.96 Å². The predicted molar refractivity (Wildman–Crippen MR) is 98.0 cm³/mol. The van der Waals surface area contributed by atoms with E-state index >= 15 is 0 Å². The Kier molecular flexibility index (Phi) is 7.50. The first-order valence-electron chi connectivity index (χ1n) is 8.83. The maximum atomic E-state index is 13.2. The maximum Gasteiger partial charge on any atom is 0.409 e. The van der Waals surface area contributed by atoms with Gasteiger partial charge in [-0.15, -0.1) is 0 Å². The van der Waals surface area contributed by atoms with Crippen LogP contribution in [0.4, 0.5) is 9.18 Å². The first-order valence-corrected chi connectivity index (χ1v) is 8.83. The second kappa shape index (κ2) is 9.84. The number of ether oxygens (including phenoxy) is 2. The first-order chi connectivity index (χ1) is 12.5. The van der Waals surface area contributed by atoms with Crippen LogP contribution in [-0.4, -0.2) is 74.3 Å². The van der Waals surface area contributed by atoms with Crippen LogP contribution in [0, 0.1) is 5.82 Å². The second-order valence-electron chi connectivity index (χ2n) is 5.99. The number of nitrogens with one attached hydrogen (secondary N) is 1. The molecule has 1 aromatic carbocycles. The van der Waals surface area contributed by atoms with E-state index in [1.807, 2.05) is 6.92 Å². The smallest absolute Gasteiger partial charge is 0.409 e. The second-order valence-corrected chi connectivity index (χ2v) is 5.99. The molecule has 1 unspecified atom stereocenters. The molecule has 144 valence electrons. The van der Waals surface area contributed by atoms with Gasteiger partial charge in [-0.25, -0.2) is 9.18 Å². The first kappa shape index (κ1) is 19.8. The average Bonchev–Trinajstić information content (AvgIpc) is 2.63. The van der Waals surface area contributed by atoms with E-state index in [9.17, 15) is 9.18 Å². The zero-order valence-electron chi connectivity index (χ0n) is 15.6. The van der Waals surface area contributed by atoms with Crippen LogP contribution in [0.5, 0.6) is 5.75 Å². The normalized spacial score (nSPS) is 16.2. The van der Waals surface area contributed by atoms with Crippen molar-refractivity contribution in [2.24, 2.45) is 4.99 Å². The molecule has 1 amide bonds. The summed E-state index contributed by atoms with van der Waals surface area (Å²) >= 11 is 0. The van der Waals surface area contributed by atoms with Gasteiger partial charge in [-0.3, -0.25) is 4.99 Å². The highest BCUT2D eigenvalue weighted by Crippen LogP contribution is 2.13. The molecule has 1 aliphatic rings. The van der Waals surface area contributed by atoms with Gasteiger partial charge in [-0.05, 0) is 26.0 Å². The number of carbonyl (C=O) groups is 1. The summed E-state index contributed by atoms with van der Waals surface area (Å²) in [4.78, 5) is 19.8. The van der Waals surface area contributed by atoms with Gasteiger partial charge in [0.25, 0.3) is 0 Å². The lowest BCUT2D eigenvalue weighted by atomic mass is 10.3. The highest BCUT2D eigenvalue weighted by Gasteiger charge is 2.23. The number of carbonyl (C=O) groups excluding carboxylic acids is 1. The van der Waals surface area contributed by atoms with E-state index in [0.29, 0.717) is 45.1 Å². The zero-order valence-corrected chi connectivity index (χ0v) is 15.6. The van der Waals surface area contributed by atoms with Gasteiger partial charge >= 0.3 is 6.09 Å². The Bertz CT molecular complexity index is 618. The van der Waals surface area contributed by atoms with E-state index in [1.54, 1.807) is 31.0 Å². The summed E-state index contributed by atoms with van der Waals surface area (Å²) in [6.45, 7) is 7.16. The molecule has 1 fully saturated rings. The van der Waals surface area contributed by atoms with E-state index in [1.165, 1.54) is 12.1 Å². The van der Waals surface area contributed by atoms with Crippen molar-refractivity contribution >= 4 is 12.1 Å². The molecule has 8 heteroatoms. The van der Waals surface area contributed by atoms with Crippen molar-refractivity contribution in [2.45, 2.75) is 20.0 Å². The number of benzene rings is 1. The lowest BCUT2D eigenvalue weighted by Gasteiger charge is -2.36. The number of guanidine groups is 1. The third kappa shape index (κ3) is 5.79. The Labute approximate surface area is 153 Å². The van der Waals surface area contributed by atoms with Gasteiger partial charge in [-0.1, -0.05) is 6.07 Å². The average molecular weight is 366 g/mol. The summed E-state index contributed by atoms with van der Waals surface area (Å²) in [5, 5.41) is 3.27. The number of amides is 1. The molecule has 1 atom stereocenters. The number of aliphatic imine (C=N–C) groups is 1. The van der Waals surface area contributed by atoms with Crippen molar-refractivity contribution in [3.63, 3.8) is 0 Å². The minimum absolute atomic E-state index is 0.158. The molecule has 1 heterocycles. The lowest BCUT2D eigenvalue weighted by molar-refractivity contribution is 0.0913. The van der Waals surface area contributed by atoms with Crippen molar-refractivity contribution in [3.05, 3.63) is 30.1 Å². The van der Waals surface area contributed by atoms with Crippen LogP contribution in [0.1, 0.15) is 13.8 Å². The fraction of sp³-hybridized carbons (Fsp3) is 0.556. The van der Waals surface area contributed by atoms with Crippen LogP contribution in [0.15, 0.2) is 29.3 Å². The number of nitrogens with zero attached hydrogens (tertiary/aromatic N) is 3. The summed E-state index contributed by atoms with van der Waals surface area (Å²) in [6, 6.07) is 6.09. The highest BCUT2D eigenvalue weighted by atomic mass is 19.1. The summed E-state index contributed by atoms with van der Waals surface area (Å²) < 4.78 is 23.9. The van der Waals surface area contributed by atoms with E-state index < -0.39 is 0 Å².